The van der Waals surface area contributed by atoms with Crippen molar-refractivity contribution in [1.82, 2.24) is 10.2 Å². The minimum atomic E-state index is 0.537. The van der Waals surface area contributed by atoms with Gasteiger partial charge in [0.1, 0.15) is 0 Å². The quantitative estimate of drug-likeness (QED) is 0.634. The Kier molecular flexibility index (Phi) is 8.63. The first-order valence-electron chi connectivity index (χ1n) is 8.58. The Balaban J connectivity index is 2.59. The van der Waals surface area contributed by atoms with Crippen LogP contribution in [0.2, 0.25) is 0 Å². The van der Waals surface area contributed by atoms with Crippen molar-refractivity contribution in [3.8, 4) is 0 Å². The number of unbranched alkanes of at least 4 members (excludes halogenated alkanes) is 2. The monoisotopic (exact) mass is 290 g/mol. The molecule has 0 bridgehead atoms. The highest BCUT2D eigenvalue weighted by atomic mass is 15.1. The van der Waals surface area contributed by atoms with E-state index in [1.165, 1.54) is 36.9 Å². The van der Waals surface area contributed by atoms with Crippen molar-refractivity contribution in [3.63, 3.8) is 0 Å². The van der Waals surface area contributed by atoms with Crippen molar-refractivity contribution in [1.29, 1.82) is 0 Å². The number of hydrogen-bond donors (Lipinski definition) is 1. The predicted octanol–water partition coefficient (Wildman–Crippen LogP) is 4.59. The van der Waals surface area contributed by atoms with E-state index in [4.69, 9.17) is 0 Å². The third-order valence-corrected chi connectivity index (χ3v) is 3.87. The highest BCUT2D eigenvalue weighted by Gasteiger charge is 2.10. The van der Waals surface area contributed by atoms with E-state index in [0.29, 0.717) is 12.1 Å². The summed E-state index contributed by atoms with van der Waals surface area (Å²) < 4.78 is 0. The molecular weight excluding hydrogens is 256 g/mol. The summed E-state index contributed by atoms with van der Waals surface area (Å²) in [5, 5.41) is 3.49. The van der Waals surface area contributed by atoms with Gasteiger partial charge in [0.25, 0.3) is 0 Å². The molecule has 2 nitrogen and oxygen atoms in total. The normalized spacial score (nSPS) is 11.8. The smallest absolute Gasteiger partial charge is 0.0236 e. The lowest BCUT2D eigenvalue weighted by Gasteiger charge is -2.26. The lowest BCUT2D eigenvalue weighted by Crippen LogP contribution is -2.31. The largest absolute Gasteiger partial charge is 0.310 e. The summed E-state index contributed by atoms with van der Waals surface area (Å²) in [6.07, 6.45) is 3.94. The first-order valence-corrected chi connectivity index (χ1v) is 8.58. The molecule has 0 radical (unpaired) electrons. The van der Waals surface area contributed by atoms with Crippen LogP contribution in [0.5, 0.6) is 0 Å². The Morgan fingerprint density at radius 1 is 1.05 bits per heavy atom. The number of rotatable bonds is 10. The molecule has 2 heteroatoms. The Morgan fingerprint density at radius 3 is 2.38 bits per heavy atom. The van der Waals surface area contributed by atoms with Gasteiger partial charge in [-0.05, 0) is 37.9 Å². The maximum absolute atomic E-state index is 3.49. The van der Waals surface area contributed by atoms with E-state index in [2.05, 4.69) is 69.1 Å². The summed E-state index contributed by atoms with van der Waals surface area (Å²) in [6, 6.07) is 10.2. The fraction of sp³-hybridized carbons (Fsp3) is 0.684. The van der Waals surface area contributed by atoms with Crippen molar-refractivity contribution < 1.29 is 0 Å². The van der Waals surface area contributed by atoms with Gasteiger partial charge in [-0.3, -0.25) is 4.90 Å². The van der Waals surface area contributed by atoms with Crippen LogP contribution in [0.1, 0.15) is 65.0 Å². The standard InChI is InChI=1S/C19H34N2/c1-6-7-8-12-21(17(4)5)15-19-11-9-10-18(13-19)14-20-16(2)3/h9-11,13,16-17,20H,6-8,12,14-15H2,1-5H3. The first kappa shape index (κ1) is 18.2. The average Bonchev–Trinajstić information content (AvgIpc) is 2.44. The van der Waals surface area contributed by atoms with Gasteiger partial charge >= 0.3 is 0 Å². The highest BCUT2D eigenvalue weighted by Crippen LogP contribution is 2.12. The second kappa shape index (κ2) is 9.97. The SMILES string of the molecule is CCCCCN(Cc1cccc(CNC(C)C)c1)C(C)C. The molecule has 0 fully saturated rings. The number of nitrogens with one attached hydrogen (secondary N) is 1. The Bertz CT molecular complexity index is 385. The van der Waals surface area contributed by atoms with Crippen molar-refractivity contribution in [2.45, 2.75) is 79.1 Å². The zero-order chi connectivity index (χ0) is 15.7. The van der Waals surface area contributed by atoms with Gasteiger partial charge in [-0.1, -0.05) is 57.9 Å². The summed E-state index contributed by atoms with van der Waals surface area (Å²) in [6.45, 7) is 14.5. The van der Waals surface area contributed by atoms with Crippen LogP contribution in [0.15, 0.2) is 24.3 Å². The number of nitrogens with zero attached hydrogens (tertiary/aromatic N) is 1. The summed E-state index contributed by atoms with van der Waals surface area (Å²) in [5.74, 6) is 0. The summed E-state index contributed by atoms with van der Waals surface area (Å²) >= 11 is 0. The van der Waals surface area contributed by atoms with Crippen molar-refractivity contribution in [2.24, 2.45) is 0 Å². The van der Waals surface area contributed by atoms with Gasteiger partial charge in [0.2, 0.25) is 0 Å². The molecule has 0 saturated carbocycles. The third kappa shape index (κ3) is 7.63. The molecule has 1 aromatic rings. The molecule has 0 amide bonds. The molecule has 0 unspecified atom stereocenters. The second-order valence-corrected chi connectivity index (χ2v) is 6.63. The van der Waals surface area contributed by atoms with E-state index < -0.39 is 0 Å². The van der Waals surface area contributed by atoms with E-state index in [0.717, 1.165) is 13.1 Å². The van der Waals surface area contributed by atoms with Gasteiger partial charge < -0.3 is 5.32 Å². The van der Waals surface area contributed by atoms with Crippen LogP contribution in [-0.2, 0) is 13.1 Å². The fourth-order valence-corrected chi connectivity index (χ4v) is 2.48. The molecule has 21 heavy (non-hydrogen) atoms. The molecule has 120 valence electrons. The van der Waals surface area contributed by atoms with Crippen molar-refractivity contribution in [2.75, 3.05) is 6.54 Å². The molecule has 0 aliphatic carbocycles. The Morgan fingerprint density at radius 2 is 1.76 bits per heavy atom. The van der Waals surface area contributed by atoms with Gasteiger partial charge in [0.05, 0.1) is 0 Å². The molecule has 0 aliphatic heterocycles. The Labute approximate surface area is 131 Å². The van der Waals surface area contributed by atoms with E-state index in [9.17, 15) is 0 Å². The topological polar surface area (TPSA) is 15.3 Å². The molecule has 0 aromatic heterocycles. The minimum Gasteiger partial charge on any atom is -0.310 e. The van der Waals surface area contributed by atoms with Crippen molar-refractivity contribution >= 4 is 0 Å². The van der Waals surface area contributed by atoms with Crippen LogP contribution in [0, 0.1) is 0 Å². The molecule has 0 spiro atoms. The molecule has 0 saturated heterocycles. The molecule has 0 atom stereocenters. The second-order valence-electron chi connectivity index (χ2n) is 6.63. The van der Waals surface area contributed by atoms with Crippen LogP contribution >= 0.6 is 0 Å². The van der Waals surface area contributed by atoms with E-state index in [1.807, 2.05) is 0 Å². The predicted molar refractivity (Wildman–Crippen MR) is 93.5 cm³/mol. The molecule has 0 heterocycles. The summed E-state index contributed by atoms with van der Waals surface area (Å²) in [7, 11) is 0. The lowest BCUT2D eigenvalue weighted by molar-refractivity contribution is 0.208. The fourth-order valence-electron chi connectivity index (χ4n) is 2.48. The zero-order valence-corrected chi connectivity index (χ0v) is 14.7. The van der Waals surface area contributed by atoms with Gasteiger partial charge in [-0.25, -0.2) is 0 Å². The van der Waals surface area contributed by atoms with Gasteiger partial charge in [0, 0.05) is 25.2 Å². The number of benzene rings is 1. The number of hydrogen-bond acceptors (Lipinski definition) is 2. The van der Waals surface area contributed by atoms with Gasteiger partial charge in [-0.15, -0.1) is 0 Å². The Hall–Kier alpha value is -0.860. The molecular formula is C19H34N2. The molecule has 0 aliphatic rings. The lowest BCUT2D eigenvalue weighted by atomic mass is 10.1. The van der Waals surface area contributed by atoms with Crippen LogP contribution in [0.4, 0.5) is 0 Å². The average molecular weight is 290 g/mol. The van der Waals surface area contributed by atoms with Gasteiger partial charge in [0.15, 0.2) is 0 Å². The van der Waals surface area contributed by atoms with E-state index in [1.54, 1.807) is 0 Å². The maximum Gasteiger partial charge on any atom is 0.0236 e. The third-order valence-electron chi connectivity index (χ3n) is 3.87. The molecule has 1 rings (SSSR count). The van der Waals surface area contributed by atoms with E-state index >= 15 is 0 Å². The first-order chi connectivity index (χ1) is 10.0. The van der Waals surface area contributed by atoms with Crippen LogP contribution in [-0.4, -0.2) is 23.5 Å². The molecule has 1 aromatic carbocycles. The maximum atomic E-state index is 3.49. The van der Waals surface area contributed by atoms with Crippen molar-refractivity contribution in [3.05, 3.63) is 35.4 Å². The molecule has 1 N–H and O–H groups in total. The highest BCUT2D eigenvalue weighted by molar-refractivity contribution is 5.23. The zero-order valence-electron chi connectivity index (χ0n) is 14.7. The van der Waals surface area contributed by atoms with Gasteiger partial charge in [-0.2, -0.15) is 0 Å². The minimum absolute atomic E-state index is 0.537. The summed E-state index contributed by atoms with van der Waals surface area (Å²) in [4.78, 5) is 2.59. The van der Waals surface area contributed by atoms with Crippen LogP contribution in [0.25, 0.3) is 0 Å². The van der Waals surface area contributed by atoms with Crippen LogP contribution < -0.4 is 5.32 Å². The van der Waals surface area contributed by atoms with E-state index in [-0.39, 0.29) is 0 Å². The van der Waals surface area contributed by atoms with Crippen LogP contribution in [0.3, 0.4) is 0 Å². The summed E-state index contributed by atoms with van der Waals surface area (Å²) in [5.41, 5.74) is 2.82.